The van der Waals surface area contributed by atoms with Crippen LogP contribution in [0, 0.1) is 5.82 Å². The van der Waals surface area contributed by atoms with Crippen molar-refractivity contribution in [2.75, 3.05) is 11.9 Å². The van der Waals surface area contributed by atoms with Crippen molar-refractivity contribution >= 4 is 17.5 Å². The van der Waals surface area contributed by atoms with Gasteiger partial charge in [0.15, 0.2) is 5.65 Å². The second-order valence-electron chi connectivity index (χ2n) is 2.91. The van der Waals surface area contributed by atoms with E-state index >= 15 is 0 Å². The molecule has 0 aliphatic rings. The van der Waals surface area contributed by atoms with Crippen molar-refractivity contribution in [3.8, 4) is 0 Å². The lowest BCUT2D eigenvalue weighted by molar-refractivity contribution is -0.116. The molecule has 7 heteroatoms. The minimum absolute atomic E-state index is 0.0562. The molecule has 1 amide bonds. The molecule has 0 bridgehead atoms. The van der Waals surface area contributed by atoms with Gasteiger partial charge in [-0.2, -0.15) is 4.98 Å². The lowest BCUT2D eigenvalue weighted by atomic mass is 10.5. The molecule has 0 saturated carbocycles. The summed E-state index contributed by atoms with van der Waals surface area (Å²) >= 11 is 0. The van der Waals surface area contributed by atoms with Gasteiger partial charge in [-0.15, -0.1) is 5.10 Å². The Bertz CT molecular complexity index is 509. The van der Waals surface area contributed by atoms with Crippen molar-refractivity contribution in [3.63, 3.8) is 0 Å². The lowest BCUT2D eigenvalue weighted by Crippen LogP contribution is -2.22. The standard InChI is InChI=1S/C8H8FN5O/c9-5-1-2-7-12-8(11-3-6(10)15)13-14(7)4-5/h1-2,4H,3H2,(H2,10,15)(H,11,13). The summed E-state index contributed by atoms with van der Waals surface area (Å²) in [5.74, 6) is -0.687. The average molecular weight is 209 g/mol. The molecule has 0 aliphatic carbocycles. The van der Waals surface area contributed by atoms with E-state index in [0.29, 0.717) is 5.65 Å². The molecule has 2 heterocycles. The van der Waals surface area contributed by atoms with Crippen molar-refractivity contribution in [2.24, 2.45) is 5.73 Å². The van der Waals surface area contributed by atoms with Crippen molar-refractivity contribution in [1.29, 1.82) is 0 Å². The van der Waals surface area contributed by atoms with Crippen LogP contribution in [0.5, 0.6) is 0 Å². The van der Waals surface area contributed by atoms with Crippen LogP contribution in [0.15, 0.2) is 18.3 Å². The molecule has 78 valence electrons. The van der Waals surface area contributed by atoms with Gasteiger partial charge in [0, 0.05) is 0 Å². The Hall–Kier alpha value is -2.18. The monoisotopic (exact) mass is 209 g/mol. The molecule has 6 nitrogen and oxygen atoms in total. The molecule has 0 unspecified atom stereocenters. The maximum Gasteiger partial charge on any atom is 0.243 e. The van der Waals surface area contributed by atoms with Crippen LogP contribution in [0.3, 0.4) is 0 Å². The maximum absolute atomic E-state index is 12.8. The van der Waals surface area contributed by atoms with Gasteiger partial charge in [0.1, 0.15) is 5.82 Å². The highest BCUT2D eigenvalue weighted by Gasteiger charge is 2.04. The number of carbonyl (C=O) groups is 1. The van der Waals surface area contributed by atoms with E-state index in [4.69, 9.17) is 5.73 Å². The highest BCUT2D eigenvalue weighted by atomic mass is 19.1. The van der Waals surface area contributed by atoms with Crippen molar-refractivity contribution in [3.05, 3.63) is 24.1 Å². The summed E-state index contributed by atoms with van der Waals surface area (Å²) in [5.41, 5.74) is 5.42. The molecule has 0 fully saturated rings. The minimum Gasteiger partial charge on any atom is -0.368 e. The third-order valence-corrected chi connectivity index (χ3v) is 1.72. The van der Waals surface area contributed by atoms with E-state index < -0.39 is 11.7 Å². The molecule has 0 spiro atoms. The number of hydrogen-bond acceptors (Lipinski definition) is 4. The van der Waals surface area contributed by atoms with Crippen LogP contribution in [-0.4, -0.2) is 27.0 Å². The summed E-state index contributed by atoms with van der Waals surface area (Å²) in [6.07, 6.45) is 1.19. The highest BCUT2D eigenvalue weighted by molar-refractivity contribution is 5.78. The zero-order valence-electron chi connectivity index (χ0n) is 7.64. The molecule has 0 aliphatic heterocycles. The highest BCUT2D eigenvalue weighted by Crippen LogP contribution is 2.06. The summed E-state index contributed by atoms with van der Waals surface area (Å²) in [5, 5.41) is 6.51. The smallest absolute Gasteiger partial charge is 0.243 e. The van der Waals surface area contributed by atoms with E-state index in [2.05, 4.69) is 15.4 Å². The Kier molecular flexibility index (Phi) is 2.20. The van der Waals surface area contributed by atoms with Crippen LogP contribution in [0.2, 0.25) is 0 Å². The Labute approximate surface area is 83.9 Å². The van der Waals surface area contributed by atoms with Crippen LogP contribution in [-0.2, 0) is 4.79 Å². The molecular formula is C8H8FN5O. The molecule has 15 heavy (non-hydrogen) atoms. The summed E-state index contributed by atoms with van der Waals surface area (Å²) < 4.78 is 14.1. The first-order valence-electron chi connectivity index (χ1n) is 4.19. The molecule has 0 atom stereocenters. The molecule has 0 radical (unpaired) electrons. The van der Waals surface area contributed by atoms with E-state index in [1.807, 2.05) is 0 Å². The van der Waals surface area contributed by atoms with Crippen LogP contribution in [0.4, 0.5) is 10.3 Å². The first-order chi connectivity index (χ1) is 7.15. The number of hydrogen-bond donors (Lipinski definition) is 2. The summed E-state index contributed by atoms with van der Waals surface area (Å²) in [7, 11) is 0. The number of rotatable bonds is 3. The van der Waals surface area contributed by atoms with Crippen molar-refractivity contribution in [1.82, 2.24) is 14.6 Å². The minimum atomic E-state index is -0.514. The fourth-order valence-corrected chi connectivity index (χ4v) is 1.10. The number of nitrogens with one attached hydrogen (secondary N) is 1. The fraction of sp³-hybridized carbons (Fsp3) is 0.125. The number of primary amides is 1. The van der Waals surface area contributed by atoms with Gasteiger partial charge in [-0.25, -0.2) is 8.91 Å². The van der Waals surface area contributed by atoms with E-state index in [9.17, 15) is 9.18 Å². The molecule has 2 rings (SSSR count). The summed E-state index contributed by atoms with van der Waals surface area (Å²) in [6, 6.07) is 2.76. The largest absolute Gasteiger partial charge is 0.368 e. The number of halogens is 1. The first-order valence-corrected chi connectivity index (χ1v) is 4.19. The van der Waals surface area contributed by atoms with Gasteiger partial charge in [0.05, 0.1) is 12.7 Å². The number of pyridine rings is 1. The molecule has 3 N–H and O–H groups in total. The third-order valence-electron chi connectivity index (χ3n) is 1.72. The second kappa shape index (κ2) is 3.52. The quantitative estimate of drug-likeness (QED) is 0.730. The second-order valence-corrected chi connectivity index (χ2v) is 2.91. The van der Waals surface area contributed by atoms with Gasteiger partial charge in [-0.1, -0.05) is 0 Å². The number of aromatic nitrogens is 3. The molecule has 2 aromatic heterocycles. The van der Waals surface area contributed by atoms with E-state index in [1.54, 1.807) is 0 Å². The van der Waals surface area contributed by atoms with E-state index in [1.165, 1.54) is 22.8 Å². The maximum atomic E-state index is 12.8. The fourth-order valence-electron chi connectivity index (χ4n) is 1.10. The molecular weight excluding hydrogens is 201 g/mol. The normalized spacial score (nSPS) is 10.5. The average Bonchev–Trinajstić information content (AvgIpc) is 2.56. The van der Waals surface area contributed by atoms with Crippen LogP contribution in [0.25, 0.3) is 5.65 Å². The Morgan fingerprint density at radius 1 is 1.60 bits per heavy atom. The number of amides is 1. The van der Waals surface area contributed by atoms with Crippen LogP contribution in [0.1, 0.15) is 0 Å². The third kappa shape index (κ3) is 2.01. The van der Waals surface area contributed by atoms with Gasteiger partial charge < -0.3 is 11.1 Å². The van der Waals surface area contributed by atoms with Crippen molar-refractivity contribution < 1.29 is 9.18 Å². The number of fused-ring (bicyclic) bond motifs is 1. The molecule has 0 aromatic carbocycles. The first kappa shape index (κ1) is 9.38. The van der Waals surface area contributed by atoms with Crippen LogP contribution < -0.4 is 11.1 Å². The SMILES string of the molecule is NC(=O)CNc1nc2ccc(F)cn2n1. The van der Waals surface area contributed by atoms with Gasteiger partial charge in [0.2, 0.25) is 11.9 Å². The zero-order chi connectivity index (χ0) is 10.8. The topological polar surface area (TPSA) is 85.3 Å². The summed E-state index contributed by atoms with van der Waals surface area (Å²) in [4.78, 5) is 14.5. The van der Waals surface area contributed by atoms with Gasteiger partial charge in [0.25, 0.3) is 0 Å². The Morgan fingerprint density at radius 2 is 2.40 bits per heavy atom. The summed E-state index contributed by atoms with van der Waals surface area (Å²) in [6.45, 7) is -0.0562. The Balaban J connectivity index is 2.27. The number of anilines is 1. The number of carbonyl (C=O) groups excluding carboxylic acids is 1. The number of nitrogens with two attached hydrogens (primary N) is 1. The zero-order valence-corrected chi connectivity index (χ0v) is 7.64. The van der Waals surface area contributed by atoms with E-state index in [0.717, 1.165) is 0 Å². The molecule has 2 aromatic rings. The predicted octanol–water partition coefficient (Wildman–Crippen LogP) is -0.234. The van der Waals surface area contributed by atoms with Crippen LogP contribution >= 0.6 is 0 Å². The van der Waals surface area contributed by atoms with Crippen molar-refractivity contribution in [2.45, 2.75) is 0 Å². The van der Waals surface area contributed by atoms with Gasteiger partial charge in [-0.3, -0.25) is 4.79 Å². The Morgan fingerprint density at radius 3 is 3.13 bits per heavy atom. The van der Waals surface area contributed by atoms with E-state index in [-0.39, 0.29) is 12.5 Å². The predicted molar refractivity (Wildman–Crippen MR) is 50.6 cm³/mol. The number of nitrogens with zero attached hydrogens (tertiary/aromatic N) is 3. The van der Waals surface area contributed by atoms with Gasteiger partial charge >= 0.3 is 0 Å². The van der Waals surface area contributed by atoms with Gasteiger partial charge in [-0.05, 0) is 12.1 Å². The lowest BCUT2D eigenvalue weighted by Gasteiger charge is -1.94. The molecule has 0 saturated heterocycles.